The van der Waals surface area contributed by atoms with Crippen LogP contribution in [-0.4, -0.2) is 18.5 Å². The molecule has 0 heterocycles. The standard InChI is InChI=1S/C23H20Cl2N2O3/c1-14-7-5-12-19(15(14)2)26-20-11-4-3-8-16(20)23(29)30-13-21(28)27-22-17(24)9-6-10-18(22)25/h3-12,26H,13H2,1-2H3,(H,27,28). The Balaban J connectivity index is 1.69. The Bertz CT molecular complexity index is 1080. The van der Waals surface area contributed by atoms with Gasteiger partial charge in [-0.15, -0.1) is 0 Å². The van der Waals surface area contributed by atoms with E-state index in [9.17, 15) is 9.59 Å². The molecule has 0 atom stereocenters. The van der Waals surface area contributed by atoms with Gasteiger partial charge in [0.25, 0.3) is 5.91 Å². The lowest BCUT2D eigenvalue weighted by Crippen LogP contribution is -2.21. The van der Waals surface area contributed by atoms with Crippen molar-refractivity contribution < 1.29 is 14.3 Å². The molecule has 1 amide bonds. The summed E-state index contributed by atoms with van der Waals surface area (Å²) in [7, 11) is 0. The van der Waals surface area contributed by atoms with Gasteiger partial charge in [0.2, 0.25) is 0 Å². The first-order valence-corrected chi connectivity index (χ1v) is 9.95. The zero-order valence-electron chi connectivity index (χ0n) is 16.5. The third-order valence-electron chi connectivity index (χ3n) is 4.58. The number of nitrogens with one attached hydrogen (secondary N) is 2. The summed E-state index contributed by atoms with van der Waals surface area (Å²) >= 11 is 12.1. The largest absolute Gasteiger partial charge is 0.452 e. The SMILES string of the molecule is Cc1cccc(Nc2ccccc2C(=O)OCC(=O)Nc2c(Cl)cccc2Cl)c1C. The van der Waals surface area contributed by atoms with Crippen LogP contribution >= 0.6 is 23.2 Å². The zero-order valence-corrected chi connectivity index (χ0v) is 18.0. The third-order valence-corrected chi connectivity index (χ3v) is 5.21. The van der Waals surface area contributed by atoms with Crippen molar-refractivity contribution in [2.24, 2.45) is 0 Å². The van der Waals surface area contributed by atoms with Gasteiger partial charge in [-0.3, -0.25) is 4.79 Å². The molecule has 0 bridgehead atoms. The van der Waals surface area contributed by atoms with E-state index in [0.717, 1.165) is 16.8 Å². The van der Waals surface area contributed by atoms with Crippen molar-refractivity contribution in [1.82, 2.24) is 0 Å². The lowest BCUT2D eigenvalue weighted by atomic mass is 10.1. The second-order valence-corrected chi connectivity index (χ2v) is 7.45. The number of aryl methyl sites for hydroxylation is 1. The molecule has 0 aliphatic rings. The van der Waals surface area contributed by atoms with Gasteiger partial charge < -0.3 is 15.4 Å². The first-order chi connectivity index (χ1) is 14.4. The van der Waals surface area contributed by atoms with Crippen LogP contribution in [0.3, 0.4) is 0 Å². The molecule has 5 nitrogen and oxygen atoms in total. The van der Waals surface area contributed by atoms with E-state index >= 15 is 0 Å². The molecule has 30 heavy (non-hydrogen) atoms. The van der Waals surface area contributed by atoms with Crippen molar-refractivity contribution in [3.8, 4) is 0 Å². The van der Waals surface area contributed by atoms with E-state index in [0.29, 0.717) is 21.3 Å². The summed E-state index contributed by atoms with van der Waals surface area (Å²) in [4.78, 5) is 24.8. The predicted molar refractivity (Wildman–Crippen MR) is 121 cm³/mol. The number of carbonyl (C=O) groups excluding carboxylic acids is 2. The fourth-order valence-corrected chi connectivity index (χ4v) is 3.30. The van der Waals surface area contributed by atoms with Crippen LogP contribution in [0.25, 0.3) is 0 Å². The number of benzene rings is 3. The van der Waals surface area contributed by atoms with Crippen LogP contribution in [0.4, 0.5) is 17.1 Å². The predicted octanol–water partition coefficient (Wildman–Crippen LogP) is 6.15. The van der Waals surface area contributed by atoms with Gasteiger partial charge in [-0.2, -0.15) is 0 Å². The lowest BCUT2D eigenvalue weighted by Gasteiger charge is -2.15. The average Bonchev–Trinajstić information content (AvgIpc) is 2.73. The maximum absolute atomic E-state index is 12.6. The average molecular weight is 443 g/mol. The van der Waals surface area contributed by atoms with E-state index < -0.39 is 18.5 Å². The monoisotopic (exact) mass is 442 g/mol. The second-order valence-electron chi connectivity index (χ2n) is 6.64. The van der Waals surface area contributed by atoms with Crippen LogP contribution in [0.1, 0.15) is 21.5 Å². The number of ether oxygens (including phenoxy) is 1. The minimum atomic E-state index is -0.621. The van der Waals surface area contributed by atoms with Crippen molar-refractivity contribution in [2.75, 3.05) is 17.2 Å². The van der Waals surface area contributed by atoms with Gasteiger partial charge in [-0.1, -0.05) is 53.5 Å². The van der Waals surface area contributed by atoms with E-state index in [1.54, 1.807) is 36.4 Å². The number of halogens is 2. The molecule has 0 aromatic heterocycles. The van der Waals surface area contributed by atoms with Crippen molar-refractivity contribution >= 4 is 52.1 Å². The number of amides is 1. The Labute approximate surface area is 185 Å². The molecule has 0 aliphatic heterocycles. The summed E-state index contributed by atoms with van der Waals surface area (Å²) < 4.78 is 5.20. The van der Waals surface area contributed by atoms with Crippen LogP contribution in [0.15, 0.2) is 60.7 Å². The van der Waals surface area contributed by atoms with Crippen molar-refractivity contribution in [1.29, 1.82) is 0 Å². The topological polar surface area (TPSA) is 67.4 Å². The van der Waals surface area contributed by atoms with E-state index in [2.05, 4.69) is 10.6 Å². The number of hydrogen-bond donors (Lipinski definition) is 2. The van der Waals surface area contributed by atoms with Crippen molar-refractivity contribution in [3.05, 3.63) is 87.4 Å². The molecule has 0 aliphatic carbocycles. The Kier molecular flexibility index (Phi) is 6.98. The summed E-state index contributed by atoms with van der Waals surface area (Å²) in [6.07, 6.45) is 0. The number of esters is 1. The number of para-hydroxylation sites is 2. The molecule has 7 heteroatoms. The Hall–Kier alpha value is -3.02. The number of anilines is 3. The Morgan fingerprint density at radius 3 is 2.23 bits per heavy atom. The number of hydrogen-bond acceptors (Lipinski definition) is 4. The van der Waals surface area contributed by atoms with E-state index in [-0.39, 0.29) is 5.69 Å². The smallest absolute Gasteiger partial charge is 0.340 e. The van der Waals surface area contributed by atoms with Gasteiger partial charge in [0, 0.05) is 5.69 Å². The maximum Gasteiger partial charge on any atom is 0.340 e. The molecular weight excluding hydrogens is 423 g/mol. The fourth-order valence-electron chi connectivity index (χ4n) is 2.80. The molecule has 154 valence electrons. The van der Waals surface area contributed by atoms with Gasteiger partial charge in [0.1, 0.15) is 0 Å². The number of rotatable bonds is 6. The Morgan fingerprint density at radius 2 is 1.50 bits per heavy atom. The summed E-state index contributed by atoms with van der Waals surface area (Å²) in [6, 6.07) is 17.7. The molecule has 0 spiro atoms. The van der Waals surface area contributed by atoms with Gasteiger partial charge >= 0.3 is 5.97 Å². The molecule has 3 rings (SSSR count). The highest BCUT2D eigenvalue weighted by molar-refractivity contribution is 6.39. The molecule has 0 unspecified atom stereocenters. The first-order valence-electron chi connectivity index (χ1n) is 9.20. The van der Waals surface area contributed by atoms with Gasteiger partial charge in [0.15, 0.2) is 6.61 Å². The molecule has 3 aromatic carbocycles. The quantitative estimate of drug-likeness (QED) is 0.449. The lowest BCUT2D eigenvalue weighted by molar-refractivity contribution is -0.119. The van der Waals surface area contributed by atoms with E-state index in [4.69, 9.17) is 27.9 Å². The minimum absolute atomic E-state index is 0.277. The van der Waals surface area contributed by atoms with Crippen LogP contribution in [0.2, 0.25) is 10.0 Å². The van der Waals surface area contributed by atoms with Crippen molar-refractivity contribution in [2.45, 2.75) is 13.8 Å². The fraction of sp³-hybridized carbons (Fsp3) is 0.130. The minimum Gasteiger partial charge on any atom is -0.452 e. The number of carbonyl (C=O) groups is 2. The first kappa shape index (κ1) is 21.7. The van der Waals surface area contributed by atoms with Crippen LogP contribution < -0.4 is 10.6 Å². The molecule has 0 fully saturated rings. The molecule has 0 saturated heterocycles. The summed E-state index contributed by atoms with van der Waals surface area (Å²) in [5, 5.41) is 6.42. The summed E-state index contributed by atoms with van der Waals surface area (Å²) in [6.45, 7) is 3.55. The molecule has 2 N–H and O–H groups in total. The highest BCUT2D eigenvalue weighted by Crippen LogP contribution is 2.30. The molecular formula is C23H20Cl2N2O3. The highest BCUT2D eigenvalue weighted by Gasteiger charge is 2.16. The van der Waals surface area contributed by atoms with Gasteiger partial charge in [-0.25, -0.2) is 4.79 Å². The maximum atomic E-state index is 12.6. The summed E-state index contributed by atoms with van der Waals surface area (Å²) in [5.74, 6) is -1.16. The molecule has 0 saturated carbocycles. The van der Waals surface area contributed by atoms with Crippen LogP contribution in [0.5, 0.6) is 0 Å². The van der Waals surface area contributed by atoms with Crippen LogP contribution in [-0.2, 0) is 9.53 Å². The normalized spacial score (nSPS) is 10.4. The van der Waals surface area contributed by atoms with Gasteiger partial charge in [0.05, 0.1) is 27.0 Å². The highest BCUT2D eigenvalue weighted by atomic mass is 35.5. The third kappa shape index (κ3) is 5.12. The van der Waals surface area contributed by atoms with Gasteiger partial charge in [-0.05, 0) is 55.3 Å². The van der Waals surface area contributed by atoms with Crippen LogP contribution in [0, 0.1) is 13.8 Å². The summed E-state index contributed by atoms with van der Waals surface area (Å²) in [5.41, 5.74) is 4.29. The van der Waals surface area contributed by atoms with E-state index in [1.165, 1.54) is 0 Å². The van der Waals surface area contributed by atoms with E-state index in [1.807, 2.05) is 38.1 Å². The molecule has 3 aromatic rings. The molecule has 0 radical (unpaired) electrons. The Morgan fingerprint density at radius 1 is 0.867 bits per heavy atom. The van der Waals surface area contributed by atoms with Crippen molar-refractivity contribution in [3.63, 3.8) is 0 Å². The second kappa shape index (κ2) is 9.65. The zero-order chi connectivity index (χ0) is 21.7.